The molecule has 0 radical (unpaired) electrons. The number of quaternary nitrogens is 1. The summed E-state index contributed by atoms with van der Waals surface area (Å²) in [5, 5.41) is 2.15. The Bertz CT molecular complexity index is 737. The highest BCUT2D eigenvalue weighted by atomic mass is 35.5. The number of rotatable bonds is 5. The highest BCUT2D eigenvalue weighted by Crippen LogP contribution is 2.15. The summed E-state index contributed by atoms with van der Waals surface area (Å²) in [6.07, 6.45) is 2.06. The van der Waals surface area contributed by atoms with Gasteiger partial charge in [0.25, 0.3) is 0 Å². The van der Waals surface area contributed by atoms with Crippen molar-refractivity contribution in [2.75, 3.05) is 0 Å². The van der Waals surface area contributed by atoms with Gasteiger partial charge in [-0.15, -0.1) is 0 Å². The highest BCUT2D eigenvalue weighted by Gasteiger charge is 2.05. The molecular formula is C17H19ClFN3. The lowest BCUT2D eigenvalue weighted by atomic mass is 10.2. The van der Waals surface area contributed by atoms with Crippen molar-refractivity contribution in [3.63, 3.8) is 0 Å². The van der Waals surface area contributed by atoms with Crippen LogP contribution in [0, 0.1) is 5.82 Å². The van der Waals surface area contributed by atoms with Crippen molar-refractivity contribution in [1.82, 2.24) is 9.97 Å². The predicted molar refractivity (Wildman–Crippen MR) is 81.8 cm³/mol. The molecule has 0 amide bonds. The van der Waals surface area contributed by atoms with Crippen molar-refractivity contribution in [3.8, 4) is 0 Å². The molecule has 3 nitrogen and oxygen atoms in total. The number of nitrogens with zero attached hydrogens (tertiary/aromatic N) is 1. The van der Waals surface area contributed by atoms with Crippen LogP contribution in [0.15, 0.2) is 42.5 Å². The molecule has 1 heterocycles. The average Bonchev–Trinajstić information content (AvgIpc) is 2.88. The van der Waals surface area contributed by atoms with E-state index >= 15 is 0 Å². The maximum atomic E-state index is 12.9. The number of nitrogens with one attached hydrogen (secondary N) is 1. The molecule has 0 saturated carbocycles. The molecule has 0 aliphatic rings. The predicted octanol–water partition coefficient (Wildman–Crippen LogP) is 0.0536. The van der Waals surface area contributed by atoms with Crippen LogP contribution in [0.2, 0.25) is 0 Å². The molecule has 22 heavy (non-hydrogen) atoms. The molecular weight excluding hydrogens is 301 g/mol. The number of H-pyrrole nitrogens is 1. The summed E-state index contributed by atoms with van der Waals surface area (Å²) in [5.41, 5.74) is 4.34. The Hall–Kier alpha value is -1.91. The maximum absolute atomic E-state index is 12.9. The molecule has 2 aromatic carbocycles. The molecule has 3 N–H and O–H groups in total. The standard InChI is InChI=1S/C17H18FN3.ClH/c1-2-3-17-20-15-9-8-14(10-16(15)21-17)19-11-12-4-6-13(18)7-5-12;/h4-10,19H,2-3,11H2,1H3,(H,20,21);1H. The molecule has 116 valence electrons. The zero-order valence-corrected chi connectivity index (χ0v) is 13.2. The minimum atomic E-state index is -0.193. The van der Waals surface area contributed by atoms with E-state index < -0.39 is 0 Å². The Morgan fingerprint density at radius 2 is 1.91 bits per heavy atom. The Morgan fingerprint density at radius 1 is 1.14 bits per heavy atom. The zero-order chi connectivity index (χ0) is 14.7. The zero-order valence-electron chi connectivity index (χ0n) is 12.4. The monoisotopic (exact) mass is 319 g/mol. The number of benzene rings is 2. The van der Waals surface area contributed by atoms with E-state index in [0.29, 0.717) is 0 Å². The van der Waals surface area contributed by atoms with E-state index in [1.165, 1.54) is 12.1 Å². The van der Waals surface area contributed by atoms with Crippen LogP contribution in [-0.2, 0) is 13.0 Å². The summed E-state index contributed by atoms with van der Waals surface area (Å²) < 4.78 is 12.9. The van der Waals surface area contributed by atoms with E-state index in [1.54, 1.807) is 0 Å². The second-order valence-corrected chi connectivity index (χ2v) is 5.24. The number of halogens is 2. The summed E-state index contributed by atoms with van der Waals surface area (Å²) in [5.74, 6) is 0.851. The van der Waals surface area contributed by atoms with Gasteiger partial charge in [-0.3, -0.25) is 0 Å². The van der Waals surface area contributed by atoms with Crippen molar-refractivity contribution < 1.29 is 22.1 Å². The molecule has 0 aliphatic carbocycles. The molecule has 0 saturated heterocycles. The van der Waals surface area contributed by atoms with Gasteiger partial charge in [0.15, 0.2) is 0 Å². The molecule has 1 aromatic heterocycles. The normalized spacial score (nSPS) is 10.6. The van der Waals surface area contributed by atoms with Crippen molar-refractivity contribution in [1.29, 1.82) is 0 Å². The van der Waals surface area contributed by atoms with Gasteiger partial charge >= 0.3 is 0 Å². The SMILES string of the molecule is CCCc1nc2ccc([NH2+]Cc3ccc(F)cc3)cc2[nH]1.[Cl-]. The van der Waals surface area contributed by atoms with Gasteiger partial charge in [0, 0.05) is 24.1 Å². The van der Waals surface area contributed by atoms with E-state index in [0.717, 1.165) is 47.5 Å². The second-order valence-electron chi connectivity index (χ2n) is 5.24. The fraction of sp³-hybridized carbons (Fsp3) is 0.235. The summed E-state index contributed by atoms with van der Waals surface area (Å²) in [6.45, 7) is 2.94. The van der Waals surface area contributed by atoms with Crippen LogP contribution in [-0.4, -0.2) is 9.97 Å². The minimum absolute atomic E-state index is 0. The van der Waals surface area contributed by atoms with Gasteiger partial charge in [-0.25, -0.2) is 9.37 Å². The number of aromatic amines is 1. The van der Waals surface area contributed by atoms with Crippen LogP contribution < -0.4 is 17.7 Å². The largest absolute Gasteiger partial charge is 1.00 e. The number of nitrogens with two attached hydrogens (primary N) is 1. The van der Waals surface area contributed by atoms with Crippen molar-refractivity contribution >= 4 is 16.7 Å². The topological polar surface area (TPSA) is 45.3 Å². The summed E-state index contributed by atoms with van der Waals surface area (Å²) in [6, 6.07) is 12.9. The van der Waals surface area contributed by atoms with Gasteiger partial charge in [0.05, 0.1) is 11.0 Å². The number of hydrogen-bond donors (Lipinski definition) is 2. The quantitative estimate of drug-likeness (QED) is 0.642. The fourth-order valence-electron chi connectivity index (χ4n) is 2.42. The van der Waals surface area contributed by atoms with Crippen LogP contribution in [0.5, 0.6) is 0 Å². The average molecular weight is 320 g/mol. The molecule has 5 heteroatoms. The first-order chi connectivity index (χ1) is 10.2. The first kappa shape index (κ1) is 16.5. The van der Waals surface area contributed by atoms with E-state index in [2.05, 4.69) is 34.3 Å². The number of aromatic nitrogens is 2. The van der Waals surface area contributed by atoms with Gasteiger partial charge in [-0.2, -0.15) is 0 Å². The molecule has 0 spiro atoms. The number of imidazole rings is 1. The summed E-state index contributed by atoms with van der Waals surface area (Å²) in [4.78, 5) is 7.92. The fourth-order valence-corrected chi connectivity index (χ4v) is 2.42. The van der Waals surface area contributed by atoms with Gasteiger partial charge < -0.3 is 22.7 Å². The van der Waals surface area contributed by atoms with E-state index in [4.69, 9.17) is 0 Å². The van der Waals surface area contributed by atoms with Crippen LogP contribution >= 0.6 is 0 Å². The maximum Gasteiger partial charge on any atom is 0.132 e. The van der Waals surface area contributed by atoms with Crippen LogP contribution in [0.1, 0.15) is 24.7 Å². The first-order valence-electron chi connectivity index (χ1n) is 7.31. The van der Waals surface area contributed by atoms with Crippen LogP contribution in [0.4, 0.5) is 10.1 Å². The molecule has 3 rings (SSSR count). The summed E-state index contributed by atoms with van der Waals surface area (Å²) in [7, 11) is 0. The first-order valence-corrected chi connectivity index (χ1v) is 7.31. The van der Waals surface area contributed by atoms with Crippen LogP contribution in [0.25, 0.3) is 11.0 Å². The second kappa shape index (κ2) is 7.38. The lowest BCUT2D eigenvalue weighted by Crippen LogP contribution is -3.00. The van der Waals surface area contributed by atoms with Gasteiger partial charge in [-0.05, 0) is 24.6 Å². The lowest BCUT2D eigenvalue weighted by molar-refractivity contribution is -0.588. The van der Waals surface area contributed by atoms with E-state index in [-0.39, 0.29) is 18.2 Å². The Morgan fingerprint density at radius 3 is 2.64 bits per heavy atom. The number of fused-ring (bicyclic) bond motifs is 1. The Labute approximate surface area is 135 Å². The Balaban J connectivity index is 0.00000176. The minimum Gasteiger partial charge on any atom is -1.00 e. The van der Waals surface area contributed by atoms with Gasteiger partial charge in [0.2, 0.25) is 0 Å². The third-order valence-corrected chi connectivity index (χ3v) is 3.53. The van der Waals surface area contributed by atoms with E-state index in [1.807, 2.05) is 18.2 Å². The van der Waals surface area contributed by atoms with Crippen molar-refractivity contribution in [3.05, 3.63) is 59.7 Å². The summed E-state index contributed by atoms with van der Waals surface area (Å²) >= 11 is 0. The Kier molecular flexibility index (Phi) is 5.52. The van der Waals surface area contributed by atoms with Crippen molar-refractivity contribution in [2.24, 2.45) is 0 Å². The third-order valence-electron chi connectivity index (χ3n) is 3.53. The van der Waals surface area contributed by atoms with Gasteiger partial charge in [-0.1, -0.05) is 19.1 Å². The third kappa shape index (κ3) is 3.84. The molecule has 0 bridgehead atoms. The molecule has 0 unspecified atom stereocenters. The molecule has 3 aromatic rings. The van der Waals surface area contributed by atoms with Crippen molar-refractivity contribution in [2.45, 2.75) is 26.3 Å². The van der Waals surface area contributed by atoms with Crippen LogP contribution in [0.3, 0.4) is 0 Å². The highest BCUT2D eigenvalue weighted by molar-refractivity contribution is 5.77. The molecule has 0 fully saturated rings. The number of hydrogen-bond acceptors (Lipinski definition) is 1. The molecule has 0 atom stereocenters. The van der Waals surface area contributed by atoms with E-state index in [9.17, 15) is 4.39 Å². The molecule has 0 aliphatic heterocycles. The lowest BCUT2D eigenvalue weighted by Gasteiger charge is -2.01. The smallest absolute Gasteiger partial charge is 0.132 e. The number of aryl methyl sites for hydroxylation is 1. The van der Waals surface area contributed by atoms with Gasteiger partial charge in [0.1, 0.15) is 23.9 Å².